The van der Waals surface area contributed by atoms with Gasteiger partial charge < -0.3 is 15.0 Å². The molecule has 2 aliphatic rings. The van der Waals surface area contributed by atoms with Crippen molar-refractivity contribution in [3.05, 3.63) is 11.3 Å². The molecule has 0 aromatic carbocycles. The Balaban J connectivity index is 1.72. The lowest BCUT2D eigenvalue weighted by atomic mass is 9.78. The van der Waals surface area contributed by atoms with Crippen molar-refractivity contribution in [3.8, 4) is 0 Å². The van der Waals surface area contributed by atoms with E-state index in [4.69, 9.17) is 4.74 Å². The Labute approximate surface area is 140 Å². The number of morpholine rings is 1. The largest absolute Gasteiger partial charge is 0.378 e. The van der Waals surface area contributed by atoms with E-state index in [2.05, 4.69) is 43.1 Å². The highest BCUT2D eigenvalue weighted by Crippen LogP contribution is 2.30. The minimum atomic E-state index is 0.635. The molecule has 2 fully saturated rings. The summed E-state index contributed by atoms with van der Waals surface area (Å²) < 4.78 is 7.55. The summed E-state index contributed by atoms with van der Waals surface area (Å²) in [5.41, 5.74) is 2.51. The third kappa shape index (κ3) is 3.56. The minimum absolute atomic E-state index is 0.635. The van der Waals surface area contributed by atoms with E-state index in [1.165, 1.54) is 30.6 Å². The van der Waals surface area contributed by atoms with Crippen molar-refractivity contribution < 1.29 is 4.74 Å². The molecule has 5 nitrogen and oxygen atoms in total. The van der Waals surface area contributed by atoms with Crippen molar-refractivity contribution in [3.63, 3.8) is 0 Å². The van der Waals surface area contributed by atoms with Gasteiger partial charge in [0.25, 0.3) is 0 Å². The van der Waals surface area contributed by atoms with Crippen LogP contribution in [0.15, 0.2) is 0 Å². The van der Waals surface area contributed by atoms with Gasteiger partial charge >= 0.3 is 0 Å². The van der Waals surface area contributed by atoms with Crippen LogP contribution in [0.3, 0.4) is 0 Å². The van der Waals surface area contributed by atoms with Crippen LogP contribution in [-0.4, -0.2) is 42.1 Å². The summed E-state index contributed by atoms with van der Waals surface area (Å²) in [4.78, 5) is 2.42. The van der Waals surface area contributed by atoms with Crippen molar-refractivity contribution in [1.29, 1.82) is 0 Å². The third-order valence-corrected chi connectivity index (χ3v) is 5.87. The first-order valence-electron chi connectivity index (χ1n) is 9.16. The molecule has 1 aromatic heterocycles. The molecule has 5 heteroatoms. The zero-order valence-electron chi connectivity index (χ0n) is 15.1. The minimum Gasteiger partial charge on any atom is -0.378 e. The number of hydrogen-bond acceptors (Lipinski definition) is 4. The van der Waals surface area contributed by atoms with Crippen LogP contribution in [0, 0.1) is 18.8 Å². The summed E-state index contributed by atoms with van der Waals surface area (Å²) in [5.74, 6) is 2.86. The van der Waals surface area contributed by atoms with Crippen molar-refractivity contribution in [2.75, 3.05) is 31.2 Å². The molecule has 0 bridgehead atoms. The van der Waals surface area contributed by atoms with Crippen LogP contribution in [0.4, 0.5) is 5.82 Å². The number of rotatable bonds is 4. The lowest BCUT2D eigenvalue weighted by Crippen LogP contribution is -2.41. The molecule has 3 rings (SSSR count). The molecule has 1 N–H and O–H groups in total. The lowest BCUT2D eigenvalue weighted by Gasteiger charge is -2.35. The SMILES string of the molecule is Cc1nn(C)c(N2CCOCC2)c1CN[C@@H]1CCC[C@H](C)[C@@H]1C. The maximum absolute atomic E-state index is 5.50. The van der Waals surface area contributed by atoms with Crippen molar-refractivity contribution in [1.82, 2.24) is 15.1 Å². The first kappa shape index (κ1) is 16.8. The number of ether oxygens (including phenoxy) is 1. The fourth-order valence-electron chi connectivity index (χ4n) is 4.17. The Morgan fingerprint density at radius 1 is 1.22 bits per heavy atom. The topological polar surface area (TPSA) is 42.3 Å². The Kier molecular flexibility index (Phi) is 5.27. The maximum atomic E-state index is 5.50. The highest BCUT2D eigenvalue weighted by molar-refractivity contribution is 5.50. The fraction of sp³-hybridized carbons (Fsp3) is 0.833. The number of nitrogens with one attached hydrogen (secondary N) is 1. The van der Waals surface area contributed by atoms with Gasteiger partial charge in [0.1, 0.15) is 5.82 Å². The van der Waals surface area contributed by atoms with Crippen LogP contribution in [0.5, 0.6) is 0 Å². The van der Waals surface area contributed by atoms with Gasteiger partial charge in [0, 0.05) is 38.3 Å². The number of hydrogen-bond donors (Lipinski definition) is 1. The van der Waals surface area contributed by atoms with E-state index >= 15 is 0 Å². The predicted octanol–water partition coefficient (Wildman–Crippen LogP) is 2.48. The summed E-state index contributed by atoms with van der Waals surface area (Å²) in [6.07, 6.45) is 4.04. The molecule has 0 unspecified atom stereocenters. The van der Waals surface area contributed by atoms with Crippen molar-refractivity contribution >= 4 is 5.82 Å². The van der Waals surface area contributed by atoms with Crippen molar-refractivity contribution in [2.24, 2.45) is 18.9 Å². The Morgan fingerprint density at radius 3 is 2.70 bits per heavy atom. The van der Waals surface area contributed by atoms with Crippen molar-refractivity contribution in [2.45, 2.75) is 52.6 Å². The quantitative estimate of drug-likeness (QED) is 0.925. The van der Waals surface area contributed by atoms with E-state index in [-0.39, 0.29) is 0 Å². The average Bonchev–Trinajstić information content (AvgIpc) is 2.83. The number of aryl methyl sites for hydroxylation is 2. The van der Waals surface area contributed by atoms with Gasteiger partial charge in [-0.25, -0.2) is 0 Å². The Hall–Kier alpha value is -1.07. The second kappa shape index (κ2) is 7.22. The van der Waals surface area contributed by atoms with Crippen LogP contribution in [0.1, 0.15) is 44.4 Å². The highest BCUT2D eigenvalue weighted by Gasteiger charge is 2.28. The van der Waals surface area contributed by atoms with Gasteiger partial charge in [0.15, 0.2) is 0 Å². The van der Waals surface area contributed by atoms with E-state index in [1.807, 2.05) is 4.68 Å². The van der Waals surface area contributed by atoms with E-state index in [9.17, 15) is 0 Å². The van der Waals surface area contributed by atoms with Crippen LogP contribution >= 0.6 is 0 Å². The molecule has 1 saturated heterocycles. The standard InChI is InChI=1S/C18H32N4O/c1-13-6-5-7-17(14(13)2)19-12-16-15(3)20-21(4)18(16)22-8-10-23-11-9-22/h13-14,17,19H,5-12H2,1-4H3/t13-,14-,17+/m0/s1. The number of anilines is 1. The van der Waals surface area contributed by atoms with E-state index in [0.717, 1.165) is 50.4 Å². The molecule has 23 heavy (non-hydrogen) atoms. The summed E-state index contributed by atoms with van der Waals surface area (Å²) in [7, 11) is 2.06. The number of aromatic nitrogens is 2. The van der Waals surface area contributed by atoms with Gasteiger partial charge in [-0.15, -0.1) is 0 Å². The molecule has 0 amide bonds. The molecular formula is C18H32N4O. The molecule has 3 atom stereocenters. The van der Waals surface area contributed by atoms with E-state index < -0.39 is 0 Å². The summed E-state index contributed by atoms with van der Waals surface area (Å²) >= 11 is 0. The van der Waals surface area contributed by atoms with Crippen LogP contribution in [-0.2, 0) is 18.3 Å². The first-order valence-corrected chi connectivity index (χ1v) is 9.16. The molecular weight excluding hydrogens is 288 g/mol. The summed E-state index contributed by atoms with van der Waals surface area (Å²) in [6.45, 7) is 11.4. The zero-order valence-corrected chi connectivity index (χ0v) is 15.1. The second-order valence-electron chi connectivity index (χ2n) is 7.37. The van der Waals surface area contributed by atoms with Crippen LogP contribution in [0.2, 0.25) is 0 Å². The normalized spacial score (nSPS) is 29.0. The van der Waals surface area contributed by atoms with Gasteiger partial charge in [-0.3, -0.25) is 4.68 Å². The smallest absolute Gasteiger partial charge is 0.131 e. The average molecular weight is 320 g/mol. The first-order chi connectivity index (χ1) is 11.1. The summed E-state index contributed by atoms with van der Waals surface area (Å²) in [5, 5.41) is 8.52. The van der Waals surface area contributed by atoms with E-state index in [0.29, 0.717) is 6.04 Å². The van der Waals surface area contributed by atoms with Crippen LogP contribution in [0.25, 0.3) is 0 Å². The lowest BCUT2D eigenvalue weighted by molar-refractivity contribution is 0.122. The molecule has 130 valence electrons. The molecule has 1 saturated carbocycles. The van der Waals surface area contributed by atoms with Gasteiger partial charge in [-0.05, 0) is 25.2 Å². The molecule has 1 aliphatic heterocycles. The number of nitrogens with zero attached hydrogens (tertiary/aromatic N) is 3. The van der Waals surface area contributed by atoms with Crippen LogP contribution < -0.4 is 10.2 Å². The zero-order chi connectivity index (χ0) is 16.4. The molecule has 0 spiro atoms. The third-order valence-electron chi connectivity index (χ3n) is 5.87. The highest BCUT2D eigenvalue weighted by atomic mass is 16.5. The Morgan fingerprint density at radius 2 is 1.96 bits per heavy atom. The maximum Gasteiger partial charge on any atom is 0.131 e. The van der Waals surface area contributed by atoms with Gasteiger partial charge in [0.05, 0.1) is 18.9 Å². The fourth-order valence-corrected chi connectivity index (χ4v) is 4.17. The second-order valence-corrected chi connectivity index (χ2v) is 7.37. The Bertz CT molecular complexity index is 521. The molecule has 1 aromatic rings. The molecule has 0 radical (unpaired) electrons. The predicted molar refractivity (Wildman–Crippen MR) is 93.8 cm³/mol. The molecule has 1 aliphatic carbocycles. The molecule has 2 heterocycles. The van der Waals surface area contributed by atoms with Gasteiger partial charge in [0.2, 0.25) is 0 Å². The van der Waals surface area contributed by atoms with E-state index in [1.54, 1.807) is 0 Å². The summed E-state index contributed by atoms with van der Waals surface area (Å²) in [6, 6.07) is 0.635. The van der Waals surface area contributed by atoms with Gasteiger partial charge in [-0.1, -0.05) is 26.7 Å². The van der Waals surface area contributed by atoms with Gasteiger partial charge in [-0.2, -0.15) is 5.10 Å². The monoisotopic (exact) mass is 320 g/mol.